The van der Waals surface area contributed by atoms with Gasteiger partial charge >= 0.3 is 5.97 Å². The summed E-state index contributed by atoms with van der Waals surface area (Å²) in [5.74, 6) is -2.25. The van der Waals surface area contributed by atoms with E-state index in [4.69, 9.17) is 30.5 Å². The number of rotatable bonds is 25. The van der Waals surface area contributed by atoms with Gasteiger partial charge in [-0.25, -0.2) is 4.79 Å². The van der Waals surface area contributed by atoms with E-state index in [0.29, 0.717) is 37.6 Å². The second kappa shape index (κ2) is 23.6. The first-order chi connectivity index (χ1) is 19.8. The van der Waals surface area contributed by atoms with Crippen molar-refractivity contribution in [2.24, 2.45) is 0 Å². The van der Waals surface area contributed by atoms with Crippen LogP contribution in [0.5, 0.6) is 0 Å². The van der Waals surface area contributed by atoms with Gasteiger partial charge in [-0.2, -0.15) is 0 Å². The van der Waals surface area contributed by atoms with Crippen LogP contribution in [-0.4, -0.2) is 107 Å². The zero-order valence-corrected chi connectivity index (χ0v) is 23.7. The van der Waals surface area contributed by atoms with E-state index in [2.05, 4.69) is 16.0 Å². The maximum atomic E-state index is 12.1. The molecule has 0 bridgehead atoms. The Kier molecular flexibility index (Phi) is 20.7. The number of benzene rings is 1. The summed E-state index contributed by atoms with van der Waals surface area (Å²) in [5.41, 5.74) is 1.03. The summed E-state index contributed by atoms with van der Waals surface area (Å²) in [7, 11) is 0. The largest absolute Gasteiger partial charge is 0.480 e. The summed E-state index contributed by atoms with van der Waals surface area (Å²) in [6.45, 7) is 1.77. The highest BCUT2D eigenvalue weighted by molar-refractivity contribution is 6.30. The molecule has 0 saturated heterocycles. The molecule has 0 heterocycles. The number of amides is 3. The minimum atomic E-state index is -1.20. The van der Waals surface area contributed by atoms with Crippen LogP contribution >= 0.6 is 11.6 Å². The van der Waals surface area contributed by atoms with Gasteiger partial charge in [0.15, 0.2) is 0 Å². The molecule has 1 radical (unpaired) electrons. The smallest absolute Gasteiger partial charge is 0.326 e. The highest BCUT2D eigenvalue weighted by Crippen LogP contribution is 2.11. The lowest BCUT2D eigenvalue weighted by Crippen LogP contribution is -2.41. The first-order valence-electron chi connectivity index (χ1n) is 13.3. The van der Waals surface area contributed by atoms with Gasteiger partial charge in [-0.3, -0.25) is 19.2 Å². The molecule has 13 nitrogen and oxygen atoms in total. The Balaban J connectivity index is 2.02. The van der Waals surface area contributed by atoms with Crippen LogP contribution in [0.3, 0.4) is 0 Å². The standard InChI is InChI=1S/C27H39ClN3O10/c28-22-6-4-21(5-7-22)2-1-3-25(34)31-23(27(36)37)8-9-24(33)29-10-13-39-18-19-41-20-26(35)30-11-14-38-16-17-40-15-12-32/h4-7,23H,1-3,8-11,13-20H2,(H,29,33)(H,30,35)(H,31,34)(H,36,37)/t23-/m0/s1. The molecule has 1 atom stereocenters. The fourth-order valence-electron chi connectivity index (χ4n) is 3.29. The predicted octanol–water partition coefficient (Wildman–Crippen LogP) is 0.421. The van der Waals surface area contributed by atoms with E-state index in [0.717, 1.165) is 5.56 Å². The molecule has 0 aliphatic rings. The van der Waals surface area contributed by atoms with Crippen molar-refractivity contribution < 1.29 is 48.0 Å². The third-order valence-electron chi connectivity index (χ3n) is 5.35. The van der Waals surface area contributed by atoms with Crippen LogP contribution in [-0.2, 0) is 49.3 Å². The molecule has 0 spiro atoms. The number of nitrogens with one attached hydrogen (secondary N) is 3. The molecule has 1 aromatic rings. The van der Waals surface area contributed by atoms with Crippen molar-refractivity contribution in [2.45, 2.75) is 38.1 Å². The molecule has 0 aliphatic heterocycles. The van der Waals surface area contributed by atoms with Gasteiger partial charge in [0.05, 0.1) is 39.6 Å². The zero-order chi connectivity index (χ0) is 30.1. The summed E-state index contributed by atoms with van der Waals surface area (Å²) in [5, 5.41) is 17.7. The number of carbonyl (C=O) groups is 4. The van der Waals surface area contributed by atoms with Crippen LogP contribution in [0.25, 0.3) is 0 Å². The fourth-order valence-corrected chi connectivity index (χ4v) is 3.41. The van der Waals surface area contributed by atoms with Crippen molar-refractivity contribution in [1.29, 1.82) is 0 Å². The lowest BCUT2D eigenvalue weighted by Gasteiger charge is -2.14. The van der Waals surface area contributed by atoms with E-state index in [9.17, 15) is 29.1 Å². The second-order valence-corrected chi connectivity index (χ2v) is 9.09. The summed E-state index contributed by atoms with van der Waals surface area (Å²) in [4.78, 5) is 57.2. The van der Waals surface area contributed by atoms with Gasteiger partial charge in [-0.05, 0) is 37.0 Å². The Hall–Kier alpha value is -3.10. The zero-order valence-electron chi connectivity index (χ0n) is 23.0. The van der Waals surface area contributed by atoms with Crippen LogP contribution in [0.1, 0.15) is 31.2 Å². The Morgan fingerprint density at radius 1 is 0.805 bits per heavy atom. The molecular formula is C27H39ClN3O10. The van der Waals surface area contributed by atoms with Gasteiger partial charge in [0, 0.05) is 31.0 Å². The molecule has 3 amide bonds. The Bertz CT molecular complexity index is 917. The Labute approximate surface area is 244 Å². The van der Waals surface area contributed by atoms with Crippen molar-refractivity contribution in [2.75, 3.05) is 65.9 Å². The molecule has 0 aromatic heterocycles. The number of carbonyl (C=O) groups excluding carboxylic acids is 4. The van der Waals surface area contributed by atoms with Crippen LogP contribution in [0.4, 0.5) is 0 Å². The van der Waals surface area contributed by atoms with E-state index < -0.39 is 12.0 Å². The predicted molar refractivity (Wildman–Crippen MR) is 148 cm³/mol. The van der Waals surface area contributed by atoms with Crippen molar-refractivity contribution in [3.8, 4) is 0 Å². The average Bonchev–Trinajstić information content (AvgIpc) is 2.94. The molecule has 14 heteroatoms. The normalized spacial score (nSPS) is 11.4. The van der Waals surface area contributed by atoms with Crippen molar-refractivity contribution in [3.63, 3.8) is 0 Å². The van der Waals surface area contributed by atoms with Gasteiger partial charge in [0.25, 0.3) is 0 Å². The minimum absolute atomic E-state index is 0.0400. The van der Waals surface area contributed by atoms with Gasteiger partial charge in [-0.15, -0.1) is 0 Å². The van der Waals surface area contributed by atoms with Gasteiger partial charge < -0.3 is 40.0 Å². The third kappa shape index (κ3) is 20.4. The first kappa shape index (κ1) is 35.9. The molecule has 1 rings (SSSR count). The molecule has 0 unspecified atom stereocenters. The summed E-state index contributed by atoms with van der Waals surface area (Å²) in [6, 6.07) is 6.13. The number of carboxylic acids is 1. The number of aryl methyl sites for hydroxylation is 1. The van der Waals surface area contributed by atoms with E-state index in [1.165, 1.54) is 0 Å². The topological polar surface area (TPSA) is 179 Å². The molecule has 0 fully saturated rings. The lowest BCUT2D eigenvalue weighted by molar-refractivity contribution is -0.142. The summed E-state index contributed by atoms with van der Waals surface area (Å²) in [6.07, 6.45) is 2.86. The van der Waals surface area contributed by atoms with E-state index >= 15 is 0 Å². The molecule has 0 aliphatic carbocycles. The highest BCUT2D eigenvalue weighted by Gasteiger charge is 2.20. The Morgan fingerprint density at radius 3 is 2.05 bits per heavy atom. The summed E-state index contributed by atoms with van der Waals surface area (Å²) < 4.78 is 20.6. The lowest BCUT2D eigenvalue weighted by atomic mass is 10.1. The van der Waals surface area contributed by atoms with Crippen LogP contribution < -0.4 is 16.0 Å². The van der Waals surface area contributed by atoms with Crippen molar-refractivity contribution in [3.05, 3.63) is 34.9 Å². The molecule has 0 saturated carbocycles. The van der Waals surface area contributed by atoms with Crippen LogP contribution in [0.2, 0.25) is 5.02 Å². The molecule has 41 heavy (non-hydrogen) atoms. The van der Waals surface area contributed by atoms with Gasteiger partial charge in [-0.1, -0.05) is 23.7 Å². The van der Waals surface area contributed by atoms with Crippen LogP contribution in [0, 0.1) is 0 Å². The maximum Gasteiger partial charge on any atom is 0.326 e. The van der Waals surface area contributed by atoms with Crippen molar-refractivity contribution in [1.82, 2.24) is 16.0 Å². The Morgan fingerprint density at radius 2 is 1.41 bits per heavy atom. The first-order valence-corrected chi connectivity index (χ1v) is 13.7. The number of hydrogen-bond donors (Lipinski definition) is 4. The molecule has 4 N–H and O–H groups in total. The van der Waals surface area contributed by atoms with E-state index in [1.807, 2.05) is 12.1 Å². The van der Waals surface area contributed by atoms with Crippen LogP contribution in [0.15, 0.2) is 24.3 Å². The SMILES string of the molecule is O=[C]COCCOCCNC(=O)COCCOCCNC(=O)CC[C@H](NC(=O)CCCc1ccc(Cl)cc1)C(=O)O. The average molecular weight is 601 g/mol. The molecule has 1 aromatic carbocycles. The monoisotopic (exact) mass is 600 g/mol. The molecule has 229 valence electrons. The minimum Gasteiger partial charge on any atom is -0.480 e. The van der Waals surface area contributed by atoms with Gasteiger partial charge in [0.1, 0.15) is 19.3 Å². The van der Waals surface area contributed by atoms with E-state index in [1.54, 1.807) is 18.4 Å². The molecular weight excluding hydrogens is 562 g/mol. The number of hydrogen-bond acceptors (Lipinski definition) is 9. The quantitative estimate of drug-likeness (QED) is 0.115. The second-order valence-electron chi connectivity index (χ2n) is 8.65. The van der Waals surface area contributed by atoms with E-state index in [-0.39, 0.29) is 83.2 Å². The number of halogens is 1. The number of carboxylic acid groups (broad SMARTS) is 1. The maximum absolute atomic E-state index is 12.1. The highest BCUT2D eigenvalue weighted by atomic mass is 35.5. The summed E-state index contributed by atoms with van der Waals surface area (Å²) >= 11 is 5.85. The number of aliphatic carboxylic acids is 1. The van der Waals surface area contributed by atoms with Gasteiger partial charge in [0.2, 0.25) is 24.0 Å². The fraction of sp³-hybridized carbons (Fsp3) is 0.593. The third-order valence-corrected chi connectivity index (χ3v) is 5.60. The number of ether oxygens (including phenoxy) is 4. The van der Waals surface area contributed by atoms with Crippen molar-refractivity contribution >= 4 is 41.6 Å².